The van der Waals surface area contributed by atoms with Gasteiger partial charge in [-0.15, -0.1) is 0 Å². The van der Waals surface area contributed by atoms with Crippen LogP contribution in [0.25, 0.3) is 0 Å². The van der Waals surface area contributed by atoms with E-state index < -0.39 is 0 Å². The van der Waals surface area contributed by atoms with Gasteiger partial charge in [0, 0.05) is 16.9 Å². The highest BCUT2D eigenvalue weighted by molar-refractivity contribution is 5.37. The molecule has 1 rings (SSSR count). The third-order valence-electron chi connectivity index (χ3n) is 2.14. The topological polar surface area (TPSA) is 3.24 Å². The van der Waals surface area contributed by atoms with Crippen molar-refractivity contribution >= 4 is 0 Å². The second-order valence-corrected chi connectivity index (χ2v) is 4.67. The molecule has 0 aromatic carbocycles. The summed E-state index contributed by atoms with van der Waals surface area (Å²) in [4.78, 5) is 2.26. The van der Waals surface area contributed by atoms with E-state index in [1.807, 2.05) is 0 Å². The van der Waals surface area contributed by atoms with Gasteiger partial charge in [-0.25, -0.2) is 0 Å². The van der Waals surface area contributed by atoms with Gasteiger partial charge < -0.3 is 4.90 Å². The quantitative estimate of drug-likeness (QED) is 0.547. The van der Waals surface area contributed by atoms with Crippen LogP contribution in [0.15, 0.2) is 35.7 Å². The van der Waals surface area contributed by atoms with Gasteiger partial charge in [0.2, 0.25) is 0 Å². The Kier molecular flexibility index (Phi) is 2.38. The van der Waals surface area contributed by atoms with Crippen LogP contribution in [0.5, 0.6) is 0 Å². The van der Waals surface area contributed by atoms with E-state index in [0.29, 0.717) is 0 Å². The van der Waals surface area contributed by atoms with Gasteiger partial charge in [0.15, 0.2) is 0 Å². The van der Waals surface area contributed by atoms with Crippen molar-refractivity contribution < 1.29 is 0 Å². The van der Waals surface area contributed by atoms with Gasteiger partial charge in [-0.3, -0.25) is 0 Å². The van der Waals surface area contributed by atoms with Crippen LogP contribution in [0.2, 0.25) is 0 Å². The Balaban J connectivity index is 3.05. The molecule has 1 heteroatoms. The van der Waals surface area contributed by atoms with Crippen molar-refractivity contribution in [1.82, 2.24) is 4.90 Å². The van der Waals surface area contributed by atoms with Crippen molar-refractivity contribution in [3.05, 3.63) is 35.7 Å². The standard InChI is InChI=1S/C12H19N/c1-9-7-10(2)13(11(3)8-9)12(4,5)6/h7-8H,2H2,1,3-6H3. The van der Waals surface area contributed by atoms with E-state index in [9.17, 15) is 0 Å². The molecule has 1 nitrogen and oxygen atoms in total. The molecule has 0 aromatic heterocycles. The lowest BCUT2D eigenvalue weighted by atomic mass is 10.00. The largest absolute Gasteiger partial charge is 0.341 e. The molecule has 0 saturated carbocycles. The Morgan fingerprint density at radius 1 is 1.15 bits per heavy atom. The maximum atomic E-state index is 4.07. The number of nitrogens with zero attached hydrogens (tertiary/aromatic N) is 1. The van der Waals surface area contributed by atoms with E-state index >= 15 is 0 Å². The lowest BCUT2D eigenvalue weighted by Crippen LogP contribution is -2.39. The van der Waals surface area contributed by atoms with E-state index in [1.165, 1.54) is 11.3 Å². The average molecular weight is 177 g/mol. The van der Waals surface area contributed by atoms with Crippen LogP contribution in [0.4, 0.5) is 0 Å². The van der Waals surface area contributed by atoms with Crippen LogP contribution < -0.4 is 0 Å². The Morgan fingerprint density at radius 3 is 2.08 bits per heavy atom. The molecule has 0 spiro atoms. The summed E-state index contributed by atoms with van der Waals surface area (Å²) in [5.74, 6) is 0. The first kappa shape index (κ1) is 10.1. The zero-order valence-corrected chi connectivity index (χ0v) is 9.31. The minimum Gasteiger partial charge on any atom is -0.341 e. The first-order valence-electron chi connectivity index (χ1n) is 4.68. The van der Waals surface area contributed by atoms with Crippen LogP contribution in [0.1, 0.15) is 34.6 Å². The highest BCUT2D eigenvalue weighted by Gasteiger charge is 2.24. The molecular weight excluding hydrogens is 158 g/mol. The van der Waals surface area contributed by atoms with Gasteiger partial charge in [0.1, 0.15) is 0 Å². The summed E-state index contributed by atoms with van der Waals surface area (Å²) in [6, 6.07) is 0. The fourth-order valence-electron chi connectivity index (χ4n) is 1.95. The SMILES string of the molecule is C=C1C=C(C)C=C(C)N1C(C)(C)C. The van der Waals surface area contributed by atoms with Gasteiger partial charge in [-0.2, -0.15) is 0 Å². The molecule has 0 amide bonds. The lowest BCUT2D eigenvalue weighted by molar-refractivity contribution is 0.242. The predicted molar refractivity (Wildman–Crippen MR) is 58.2 cm³/mol. The van der Waals surface area contributed by atoms with E-state index in [4.69, 9.17) is 0 Å². The zero-order chi connectivity index (χ0) is 10.2. The maximum Gasteiger partial charge on any atom is 0.0363 e. The molecular formula is C12H19N. The highest BCUT2D eigenvalue weighted by Crippen LogP contribution is 2.29. The average Bonchev–Trinajstić information content (AvgIpc) is 1.78. The molecule has 1 heterocycles. The summed E-state index contributed by atoms with van der Waals surface area (Å²) in [5.41, 5.74) is 3.76. The molecule has 0 N–H and O–H groups in total. The smallest absolute Gasteiger partial charge is 0.0363 e. The summed E-state index contributed by atoms with van der Waals surface area (Å²) in [6.45, 7) is 14.9. The molecule has 0 unspecified atom stereocenters. The van der Waals surface area contributed by atoms with Crippen molar-refractivity contribution in [3.63, 3.8) is 0 Å². The van der Waals surface area contributed by atoms with E-state index in [-0.39, 0.29) is 5.54 Å². The Hall–Kier alpha value is -0.980. The highest BCUT2D eigenvalue weighted by atomic mass is 15.2. The van der Waals surface area contributed by atoms with Gasteiger partial charge in [-0.05, 0) is 52.3 Å². The van der Waals surface area contributed by atoms with Crippen molar-refractivity contribution in [2.75, 3.05) is 0 Å². The van der Waals surface area contributed by atoms with Crippen LogP contribution >= 0.6 is 0 Å². The van der Waals surface area contributed by atoms with E-state index in [0.717, 1.165) is 5.70 Å². The Labute approximate surface area is 81.4 Å². The molecule has 0 bridgehead atoms. The third-order valence-corrected chi connectivity index (χ3v) is 2.14. The van der Waals surface area contributed by atoms with Crippen LogP contribution in [0.3, 0.4) is 0 Å². The van der Waals surface area contributed by atoms with Crippen molar-refractivity contribution in [3.8, 4) is 0 Å². The van der Waals surface area contributed by atoms with Crippen molar-refractivity contribution in [2.24, 2.45) is 0 Å². The van der Waals surface area contributed by atoms with Gasteiger partial charge in [0.05, 0.1) is 0 Å². The molecule has 0 atom stereocenters. The van der Waals surface area contributed by atoms with Crippen molar-refractivity contribution in [2.45, 2.75) is 40.2 Å². The lowest BCUT2D eigenvalue weighted by Gasteiger charge is -2.40. The van der Waals surface area contributed by atoms with E-state index in [2.05, 4.69) is 58.2 Å². The first-order valence-corrected chi connectivity index (χ1v) is 4.68. The van der Waals surface area contributed by atoms with Gasteiger partial charge >= 0.3 is 0 Å². The van der Waals surface area contributed by atoms with Crippen LogP contribution in [-0.2, 0) is 0 Å². The minimum absolute atomic E-state index is 0.120. The second-order valence-electron chi connectivity index (χ2n) is 4.67. The summed E-state index contributed by atoms with van der Waals surface area (Å²) < 4.78 is 0. The summed E-state index contributed by atoms with van der Waals surface area (Å²) in [5, 5.41) is 0. The number of hydrogen-bond acceptors (Lipinski definition) is 1. The number of rotatable bonds is 0. The van der Waals surface area contributed by atoms with Gasteiger partial charge in [0.25, 0.3) is 0 Å². The first-order chi connectivity index (χ1) is 5.82. The predicted octanol–water partition coefficient (Wildman–Crippen LogP) is 3.46. The summed E-state index contributed by atoms with van der Waals surface area (Å²) in [6.07, 6.45) is 4.32. The monoisotopic (exact) mass is 177 g/mol. The minimum atomic E-state index is 0.120. The van der Waals surface area contributed by atoms with Crippen molar-refractivity contribution in [1.29, 1.82) is 0 Å². The van der Waals surface area contributed by atoms with Gasteiger partial charge in [-0.1, -0.05) is 6.58 Å². The summed E-state index contributed by atoms with van der Waals surface area (Å²) >= 11 is 0. The third kappa shape index (κ3) is 2.03. The Bertz CT molecular complexity index is 287. The molecule has 0 radical (unpaired) electrons. The molecule has 72 valence electrons. The zero-order valence-electron chi connectivity index (χ0n) is 9.31. The molecule has 0 aromatic rings. The molecule has 0 aliphatic carbocycles. The molecule has 1 aliphatic rings. The molecule has 0 fully saturated rings. The fourth-order valence-corrected chi connectivity index (χ4v) is 1.95. The Morgan fingerprint density at radius 2 is 1.69 bits per heavy atom. The van der Waals surface area contributed by atoms with Crippen LogP contribution in [-0.4, -0.2) is 10.4 Å². The number of hydrogen-bond donors (Lipinski definition) is 0. The summed E-state index contributed by atoms with van der Waals surface area (Å²) in [7, 11) is 0. The maximum absolute atomic E-state index is 4.07. The molecule has 1 aliphatic heterocycles. The van der Waals surface area contributed by atoms with E-state index in [1.54, 1.807) is 0 Å². The molecule has 0 saturated heterocycles. The fraction of sp³-hybridized carbons (Fsp3) is 0.500. The molecule has 13 heavy (non-hydrogen) atoms. The number of allylic oxidation sites excluding steroid dienone is 4. The normalized spacial score (nSPS) is 18.5. The van der Waals surface area contributed by atoms with Crippen LogP contribution in [0, 0.1) is 0 Å². The second kappa shape index (κ2) is 3.06.